The molecule has 2 aliphatic carbocycles. The first-order valence-electron chi connectivity index (χ1n) is 8.46. The first-order valence-corrected chi connectivity index (χ1v) is 8.46. The first kappa shape index (κ1) is 14.9. The predicted octanol–water partition coefficient (Wildman–Crippen LogP) is 4.14. The molecule has 0 amide bonds. The molecular formula is C19H29NO. The molecule has 2 saturated carbocycles. The van der Waals surface area contributed by atoms with Gasteiger partial charge < -0.3 is 10.1 Å². The number of hydrogen-bond donors (Lipinski definition) is 1. The summed E-state index contributed by atoms with van der Waals surface area (Å²) in [5.41, 5.74) is 2.56. The van der Waals surface area contributed by atoms with Crippen molar-refractivity contribution in [1.29, 1.82) is 0 Å². The largest absolute Gasteiger partial charge is 0.493 e. The third-order valence-electron chi connectivity index (χ3n) is 5.41. The zero-order valence-electron chi connectivity index (χ0n) is 13.7. The number of rotatable bonds is 6. The smallest absolute Gasteiger partial charge is 0.119 e. The maximum absolute atomic E-state index is 5.80. The lowest BCUT2D eigenvalue weighted by Crippen LogP contribution is -2.57. The van der Waals surface area contributed by atoms with E-state index in [1.165, 1.54) is 37.7 Å². The van der Waals surface area contributed by atoms with Crippen molar-refractivity contribution in [3.05, 3.63) is 29.8 Å². The van der Waals surface area contributed by atoms with E-state index in [4.69, 9.17) is 4.74 Å². The number of hydrogen-bond acceptors (Lipinski definition) is 2. The zero-order chi connectivity index (χ0) is 14.9. The Morgan fingerprint density at radius 3 is 2.29 bits per heavy atom. The van der Waals surface area contributed by atoms with Crippen LogP contribution in [0.3, 0.4) is 0 Å². The molecule has 2 nitrogen and oxygen atoms in total. The minimum absolute atomic E-state index is 0.367. The zero-order valence-corrected chi connectivity index (χ0v) is 13.7. The summed E-state index contributed by atoms with van der Waals surface area (Å²) < 4.78 is 5.80. The highest BCUT2D eigenvalue weighted by Crippen LogP contribution is 2.64. The Balaban J connectivity index is 1.69. The van der Waals surface area contributed by atoms with E-state index in [1.54, 1.807) is 0 Å². The van der Waals surface area contributed by atoms with Gasteiger partial charge in [-0.15, -0.1) is 0 Å². The van der Waals surface area contributed by atoms with Crippen molar-refractivity contribution in [2.24, 2.45) is 11.3 Å². The lowest BCUT2D eigenvalue weighted by Gasteiger charge is -2.61. The maximum Gasteiger partial charge on any atom is 0.119 e. The molecule has 0 heterocycles. The van der Waals surface area contributed by atoms with E-state index in [1.807, 2.05) is 0 Å². The quantitative estimate of drug-likeness (QED) is 0.849. The Kier molecular flexibility index (Phi) is 4.00. The fourth-order valence-electron chi connectivity index (χ4n) is 4.35. The second-order valence-corrected chi connectivity index (χ2v) is 7.75. The van der Waals surface area contributed by atoms with Crippen molar-refractivity contribution in [2.75, 3.05) is 20.2 Å². The Bertz CT molecular complexity index is 465. The van der Waals surface area contributed by atoms with Gasteiger partial charge in [0.2, 0.25) is 0 Å². The van der Waals surface area contributed by atoms with Crippen molar-refractivity contribution in [3.8, 4) is 5.75 Å². The van der Waals surface area contributed by atoms with Crippen LogP contribution >= 0.6 is 0 Å². The molecule has 116 valence electrons. The highest BCUT2D eigenvalue weighted by molar-refractivity contribution is 5.36. The molecule has 1 spiro atoms. The van der Waals surface area contributed by atoms with E-state index in [0.29, 0.717) is 16.7 Å². The van der Waals surface area contributed by atoms with Crippen LogP contribution in [0.15, 0.2) is 24.3 Å². The summed E-state index contributed by atoms with van der Waals surface area (Å²) in [6.45, 7) is 6.26. The van der Waals surface area contributed by atoms with Crippen LogP contribution in [0.5, 0.6) is 5.75 Å². The average Bonchev–Trinajstić information content (AvgIpc) is 2.39. The predicted molar refractivity (Wildman–Crippen MR) is 87.9 cm³/mol. The van der Waals surface area contributed by atoms with Crippen LogP contribution in [0.2, 0.25) is 0 Å². The number of likely N-dealkylation sites (N-methyl/N-ethyl adjacent to an activating group) is 1. The Morgan fingerprint density at radius 2 is 1.81 bits per heavy atom. The van der Waals surface area contributed by atoms with Gasteiger partial charge in [0, 0.05) is 12.0 Å². The third-order valence-corrected chi connectivity index (χ3v) is 5.41. The Morgan fingerprint density at radius 1 is 1.14 bits per heavy atom. The van der Waals surface area contributed by atoms with Gasteiger partial charge in [-0.2, -0.15) is 0 Å². The fourth-order valence-corrected chi connectivity index (χ4v) is 4.35. The molecule has 1 aromatic rings. The van der Waals surface area contributed by atoms with Crippen LogP contribution in [0, 0.1) is 11.3 Å². The van der Waals surface area contributed by atoms with Crippen molar-refractivity contribution in [3.63, 3.8) is 0 Å². The van der Waals surface area contributed by atoms with Gasteiger partial charge >= 0.3 is 0 Å². The van der Waals surface area contributed by atoms with E-state index in [-0.39, 0.29) is 0 Å². The van der Waals surface area contributed by atoms with Crippen LogP contribution < -0.4 is 10.1 Å². The molecule has 0 aliphatic heterocycles. The van der Waals surface area contributed by atoms with Crippen LogP contribution in [0.1, 0.15) is 51.5 Å². The number of ether oxygens (including phenoxy) is 1. The van der Waals surface area contributed by atoms with Gasteiger partial charge in [0.05, 0.1) is 6.61 Å². The molecule has 0 bridgehead atoms. The van der Waals surface area contributed by atoms with Gasteiger partial charge in [-0.05, 0) is 61.8 Å². The molecular weight excluding hydrogens is 258 g/mol. The normalized spacial score (nSPS) is 21.9. The number of nitrogens with one attached hydrogen (secondary N) is 1. The van der Waals surface area contributed by atoms with Crippen LogP contribution in [0.4, 0.5) is 0 Å². The van der Waals surface area contributed by atoms with Gasteiger partial charge in [0.1, 0.15) is 5.75 Å². The van der Waals surface area contributed by atoms with Gasteiger partial charge in [-0.25, -0.2) is 0 Å². The minimum atomic E-state index is 0.367. The average molecular weight is 287 g/mol. The molecule has 0 radical (unpaired) electrons. The van der Waals surface area contributed by atoms with E-state index >= 15 is 0 Å². The molecule has 0 atom stereocenters. The molecule has 21 heavy (non-hydrogen) atoms. The molecule has 0 aromatic heterocycles. The van der Waals surface area contributed by atoms with Crippen molar-refractivity contribution in [1.82, 2.24) is 5.32 Å². The van der Waals surface area contributed by atoms with E-state index < -0.39 is 0 Å². The number of benzene rings is 1. The van der Waals surface area contributed by atoms with E-state index in [0.717, 1.165) is 18.9 Å². The molecule has 3 rings (SSSR count). The van der Waals surface area contributed by atoms with Gasteiger partial charge in [-0.1, -0.05) is 32.4 Å². The molecule has 2 fully saturated rings. The second-order valence-electron chi connectivity index (χ2n) is 7.75. The summed E-state index contributed by atoms with van der Waals surface area (Å²) in [5, 5.41) is 3.42. The summed E-state index contributed by atoms with van der Waals surface area (Å²) >= 11 is 0. The molecule has 2 heteroatoms. The lowest BCUT2D eigenvalue weighted by molar-refractivity contribution is -0.0475. The molecule has 1 aromatic carbocycles. The monoisotopic (exact) mass is 287 g/mol. The summed E-state index contributed by atoms with van der Waals surface area (Å²) in [7, 11) is 2.08. The molecule has 1 N–H and O–H groups in total. The topological polar surface area (TPSA) is 21.3 Å². The maximum atomic E-state index is 5.80. The SMILES string of the molecule is CNCC1(c2ccc(OCC(C)C)cc2)CC2(CCC2)C1. The highest BCUT2D eigenvalue weighted by Gasteiger charge is 2.57. The van der Waals surface area contributed by atoms with Crippen LogP contribution in [-0.4, -0.2) is 20.2 Å². The minimum Gasteiger partial charge on any atom is -0.493 e. The first-order chi connectivity index (χ1) is 10.1. The Labute approximate surface area is 129 Å². The molecule has 0 unspecified atom stereocenters. The summed E-state index contributed by atoms with van der Waals surface area (Å²) in [6, 6.07) is 8.89. The van der Waals surface area contributed by atoms with Crippen LogP contribution in [-0.2, 0) is 5.41 Å². The molecule has 2 aliphatic rings. The van der Waals surface area contributed by atoms with Gasteiger partial charge in [-0.3, -0.25) is 0 Å². The third kappa shape index (κ3) is 2.83. The van der Waals surface area contributed by atoms with Crippen LogP contribution in [0.25, 0.3) is 0 Å². The summed E-state index contributed by atoms with van der Waals surface area (Å²) in [4.78, 5) is 0. The van der Waals surface area contributed by atoms with Gasteiger partial charge in [0.25, 0.3) is 0 Å². The standard InChI is InChI=1S/C19H29NO/c1-15(2)11-21-17-7-5-16(6-8-17)19(14-20-3)12-18(13-19)9-4-10-18/h5-8,15,20H,4,9-14H2,1-3H3. The van der Waals surface area contributed by atoms with E-state index in [9.17, 15) is 0 Å². The Hall–Kier alpha value is -1.02. The fraction of sp³-hybridized carbons (Fsp3) is 0.684. The molecule has 0 saturated heterocycles. The summed E-state index contributed by atoms with van der Waals surface area (Å²) in [5.74, 6) is 1.58. The van der Waals surface area contributed by atoms with Gasteiger partial charge in [0.15, 0.2) is 0 Å². The van der Waals surface area contributed by atoms with Crippen molar-refractivity contribution >= 4 is 0 Å². The van der Waals surface area contributed by atoms with E-state index in [2.05, 4.69) is 50.5 Å². The summed E-state index contributed by atoms with van der Waals surface area (Å²) in [6.07, 6.45) is 7.08. The van der Waals surface area contributed by atoms with Crippen molar-refractivity contribution in [2.45, 2.75) is 51.4 Å². The second kappa shape index (κ2) is 5.64. The highest BCUT2D eigenvalue weighted by atomic mass is 16.5. The van der Waals surface area contributed by atoms with Crippen molar-refractivity contribution < 1.29 is 4.74 Å². The lowest BCUT2D eigenvalue weighted by atomic mass is 9.44.